The lowest BCUT2D eigenvalue weighted by Gasteiger charge is -2.06. The maximum absolute atomic E-state index is 12.0. The van der Waals surface area contributed by atoms with Crippen LogP contribution in [0, 0.1) is 0 Å². The maximum atomic E-state index is 12.0. The summed E-state index contributed by atoms with van der Waals surface area (Å²) in [5.41, 5.74) is 8.35. The number of anilines is 2. The van der Waals surface area contributed by atoms with Gasteiger partial charge in [-0.05, 0) is 59.1 Å². The molecule has 3 rings (SSSR count). The van der Waals surface area contributed by atoms with Crippen LogP contribution in [0.25, 0.3) is 10.1 Å². The van der Waals surface area contributed by atoms with Crippen molar-refractivity contribution in [1.29, 1.82) is 0 Å². The second-order valence-corrected chi connectivity index (χ2v) is 5.91. The molecule has 0 radical (unpaired) electrons. The predicted molar refractivity (Wildman–Crippen MR) is 89.6 cm³/mol. The second kappa shape index (κ2) is 5.97. The van der Waals surface area contributed by atoms with E-state index in [0.717, 1.165) is 22.3 Å². The molecule has 0 aliphatic rings. The number of aryl methyl sites for hydroxylation is 1. The zero-order valence-electron chi connectivity index (χ0n) is 11.5. The van der Waals surface area contributed by atoms with E-state index in [4.69, 9.17) is 5.73 Å². The quantitative estimate of drug-likeness (QED) is 0.713. The summed E-state index contributed by atoms with van der Waals surface area (Å²) >= 11 is 1.70. The van der Waals surface area contributed by atoms with Crippen LogP contribution in [-0.2, 0) is 11.2 Å². The average Bonchev–Trinajstić information content (AvgIpc) is 2.94. The third-order valence-corrected chi connectivity index (χ3v) is 4.25. The normalized spacial score (nSPS) is 10.7. The van der Waals surface area contributed by atoms with Crippen molar-refractivity contribution >= 4 is 38.7 Å². The number of hydrogen-bond acceptors (Lipinski definition) is 3. The zero-order valence-corrected chi connectivity index (χ0v) is 12.3. The first-order valence-corrected chi connectivity index (χ1v) is 7.70. The smallest absolute Gasteiger partial charge is 0.224 e. The molecular formula is C17H16N2OS. The molecule has 0 fully saturated rings. The van der Waals surface area contributed by atoms with Gasteiger partial charge >= 0.3 is 0 Å². The number of nitrogens with two attached hydrogens (primary N) is 1. The summed E-state index contributed by atoms with van der Waals surface area (Å²) in [4.78, 5) is 12.0. The molecule has 0 bridgehead atoms. The largest absolute Gasteiger partial charge is 0.399 e. The number of carbonyl (C=O) groups excluding carboxylic acids is 1. The van der Waals surface area contributed by atoms with Gasteiger partial charge in [0.05, 0.1) is 0 Å². The Hall–Kier alpha value is -2.33. The van der Waals surface area contributed by atoms with Crippen LogP contribution in [-0.4, -0.2) is 5.91 Å². The number of benzene rings is 2. The first kappa shape index (κ1) is 13.6. The van der Waals surface area contributed by atoms with Crippen molar-refractivity contribution in [3.8, 4) is 0 Å². The number of nitrogen functional groups attached to an aromatic ring is 1. The lowest BCUT2D eigenvalue weighted by molar-refractivity contribution is -0.116. The molecule has 1 aromatic heterocycles. The Morgan fingerprint density at radius 3 is 2.71 bits per heavy atom. The molecule has 0 unspecified atom stereocenters. The fraction of sp³-hybridized carbons (Fsp3) is 0.118. The number of fused-ring (bicyclic) bond motifs is 1. The molecule has 0 saturated carbocycles. The Morgan fingerprint density at radius 1 is 1.10 bits per heavy atom. The number of hydrogen-bond donors (Lipinski definition) is 2. The van der Waals surface area contributed by atoms with E-state index in [1.807, 2.05) is 42.5 Å². The highest BCUT2D eigenvalue weighted by Crippen LogP contribution is 2.24. The summed E-state index contributed by atoms with van der Waals surface area (Å²) in [7, 11) is 0. The third-order valence-electron chi connectivity index (χ3n) is 3.36. The van der Waals surface area contributed by atoms with Crippen molar-refractivity contribution in [2.75, 3.05) is 11.1 Å². The average molecular weight is 296 g/mol. The van der Waals surface area contributed by atoms with E-state index in [-0.39, 0.29) is 5.91 Å². The summed E-state index contributed by atoms with van der Waals surface area (Å²) in [5.74, 6) is 0.0291. The molecule has 1 heterocycles. The summed E-state index contributed by atoms with van der Waals surface area (Å²) in [5, 5.41) is 6.16. The Bertz CT molecular complexity index is 762. The number of nitrogens with one attached hydrogen (secondary N) is 1. The van der Waals surface area contributed by atoms with Crippen molar-refractivity contribution in [2.45, 2.75) is 12.8 Å². The van der Waals surface area contributed by atoms with Gasteiger partial charge in [-0.25, -0.2) is 0 Å². The van der Waals surface area contributed by atoms with E-state index >= 15 is 0 Å². The molecule has 3 nitrogen and oxygen atoms in total. The van der Waals surface area contributed by atoms with Crippen LogP contribution < -0.4 is 11.1 Å². The molecule has 0 aliphatic carbocycles. The first-order valence-electron chi connectivity index (χ1n) is 6.82. The van der Waals surface area contributed by atoms with E-state index in [1.54, 1.807) is 11.3 Å². The van der Waals surface area contributed by atoms with Gasteiger partial charge in [0.1, 0.15) is 0 Å². The summed E-state index contributed by atoms with van der Waals surface area (Å²) in [6.07, 6.45) is 1.18. The van der Waals surface area contributed by atoms with Crippen LogP contribution in [0.5, 0.6) is 0 Å². The minimum atomic E-state index is 0.0291. The first-order chi connectivity index (χ1) is 10.2. The molecule has 3 aromatic rings. The van der Waals surface area contributed by atoms with Crippen molar-refractivity contribution < 1.29 is 4.79 Å². The van der Waals surface area contributed by atoms with Crippen LogP contribution >= 0.6 is 11.3 Å². The Morgan fingerprint density at radius 2 is 1.90 bits per heavy atom. The topological polar surface area (TPSA) is 55.1 Å². The van der Waals surface area contributed by atoms with Crippen molar-refractivity contribution in [2.24, 2.45) is 0 Å². The highest BCUT2D eigenvalue weighted by atomic mass is 32.1. The molecule has 0 spiro atoms. The minimum absolute atomic E-state index is 0.0291. The van der Waals surface area contributed by atoms with Crippen LogP contribution in [0.1, 0.15) is 12.0 Å². The van der Waals surface area contributed by atoms with Crippen LogP contribution in [0.3, 0.4) is 0 Å². The van der Waals surface area contributed by atoms with E-state index in [0.29, 0.717) is 12.8 Å². The Labute approximate surface area is 127 Å². The van der Waals surface area contributed by atoms with Gasteiger partial charge in [-0.15, -0.1) is 11.3 Å². The molecule has 4 heteroatoms. The third kappa shape index (κ3) is 3.41. The zero-order chi connectivity index (χ0) is 14.7. The maximum Gasteiger partial charge on any atom is 0.224 e. The van der Waals surface area contributed by atoms with Gasteiger partial charge < -0.3 is 11.1 Å². The number of amides is 1. The number of rotatable bonds is 4. The second-order valence-electron chi connectivity index (χ2n) is 4.96. The van der Waals surface area contributed by atoms with Crippen molar-refractivity contribution in [1.82, 2.24) is 0 Å². The van der Waals surface area contributed by atoms with Crippen LogP contribution in [0.2, 0.25) is 0 Å². The van der Waals surface area contributed by atoms with Gasteiger partial charge in [0.25, 0.3) is 0 Å². The van der Waals surface area contributed by atoms with Crippen molar-refractivity contribution in [3.05, 3.63) is 59.5 Å². The molecule has 0 atom stereocenters. The Balaban J connectivity index is 1.59. The van der Waals surface area contributed by atoms with Gasteiger partial charge in [0, 0.05) is 22.5 Å². The van der Waals surface area contributed by atoms with Crippen LogP contribution in [0.4, 0.5) is 11.4 Å². The van der Waals surface area contributed by atoms with E-state index in [1.165, 1.54) is 4.70 Å². The lowest BCUT2D eigenvalue weighted by atomic mass is 10.1. The molecular weight excluding hydrogens is 280 g/mol. The van der Waals surface area contributed by atoms with Gasteiger partial charge in [0.2, 0.25) is 5.91 Å². The monoisotopic (exact) mass is 296 g/mol. The molecule has 0 aliphatic heterocycles. The highest BCUT2D eigenvalue weighted by Gasteiger charge is 2.04. The molecule has 106 valence electrons. The number of carbonyl (C=O) groups is 1. The summed E-state index contributed by atoms with van der Waals surface area (Å²) in [6, 6.07) is 15.7. The fourth-order valence-electron chi connectivity index (χ4n) is 2.21. The van der Waals surface area contributed by atoms with Crippen molar-refractivity contribution in [3.63, 3.8) is 0 Å². The minimum Gasteiger partial charge on any atom is -0.399 e. The molecule has 1 amide bonds. The summed E-state index contributed by atoms with van der Waals surface area (Å²) < 4.78 is 1.23. The van der Waals surface area contributed by atoms with E-state index < -0.39 is 0 Å². The summed E-state index contributed by atoms with van der Waals surface area (Å²) in [6.45, 7) is 0. The SMILES string of the molecule is Nc1ccc(CCC(=O)Nc2ccc3sccc3c2)cc1. The standard InChI is InChI=1S/C17H16N2OS/c18-14-4-1-12(2-5-14)3-8-17(20)19-15-6-7-16-13(11-15)9-10-21-16/h1-2,4-7,9-11H,3,8,18H2,(H,19,20). The number of thiophene rings is 1. The Kier molecular flexibility index (Phi) is 3.88. The molecule has 0 saturated heterocycles. The van der Waals surface area contributed by atoms with Gasteiger partial charge in [-0.3, -0.25) is 4.79 Å². The van der Waals surface area contributed by atoms with Gasteiger partial charge in [0.15, 0.2) is 0 Å². The predicted octanol–water partition coefficient (Wildman–Crippen LogP) is 4.05. The van der Waals surface area contributed by atoms with E-state index in [2.05, 4.69) is 16.8 Å². The molecule has 3 N–H and O–H groups in total. The van der Waals surface area contributed by atoms with Crippen LogP contribution in [0.15, 0.2) is 53.9 Å². The fourth-order valence-corrected chi connectivity index (χ4v) is 2.98. The highest BCUT2D eigenvalue weighted by molar-refractivity contribution is 7.17. The van der Waals surface area contributed by atoms with Gasteiger partial charge in [-0.2, -0.15) is 0 Å². The van der Waals surface area contributed by atoms with E-state index in [9.17, 15) is 4.79 Å². The van der Waals surface area contributed by atoms with Gasteiger partial charge in [-0.1, -0.05) is 12.1 Å². The lowest BCUT2D eigenvalue weighted by Crippen LogP contribution is -2.12. The molecule has 21 heavy (non-hydrogen) atoms. The molecule has 2 aromatic carbocycles.